The Morgan fingerprint density at radius 2 is 1.68 bits per heavy atom. The molecule has 1 aromatic heterocycles. The van der Waals surface area contributed by atoms with Gasteiger partial charge in [0.05, 0.1) is 17.1 Å². The highest BCUT2D eigenvalue weighted by molar-refractivity contribution is 7.89. The molecule has 2 atom stereocenters. The van der Waals surface area contributed by atoms with Gasteiger partial charge in [-0.25, -0.2) is 21.9 Å². The van der Waals surface area contributed by atoms with Crippen LogP contribution < -0.4 is 10.6 Å². The molecule has 2 aromatic carbocycles. The summed E-state index contributed by atoms with van der Waals surface area (Å²) in [6.45, 7) is 2.96. The number of carbonyl (C=O) groups is 1. The van der Waals surface area contributed by atoms with Crippen molar-refractivity contribution in [1.82, 2.24) is 14.1 Å². The van der Waals surface area contributed by atoms with Crippen LogP contribution in [0.15, 0.2) is 59.6 Å². The van der Waals surface area contributed by atoms with Gasteiger partial charge in [0.15, 0.2) is 0 Å². The van der Waals surface area contributed by atoms with Crippen LogP contribution >= 0.6 is 0 Å². The van der Waals surface area contributed by atoms with Gasteiger partial charge in [-0.2, -0.15) is 9.40 Å². The van der Waals surface area contributed by atoms with Crippen molar-refractivity contribution in [2.75, 3.05) is 23.7 Å². The monoisotopic (exact) mass is 543 g/mol. The summed E-state index contributed by atoms with van der Waals surface area (Å²) in [4.78, 5) is 13.3. The molecule has 1 saturated heterocycles. The third-order valence-electron chi connectivity index (χ3n) is 7.23. The first-order chi connectivity index (χ1) is 18.2. The fourth-order valence-electron chi connectivity index (χ4n) is 5.06. The summed E-state index contributed by atoms with van der Waals surface area (Å²) in [7, 11) is -3.61. The van der Waals surface area contributed by atoms with Crippen LogP contribution in [0.5, 0.6) is 0 Å². The first kappa shape index (κ1) is 26.3. The second kappa shape index (κ2) is 10.8. The van der Waals surface area contributed by atoms with Crippen LogP contribution in [0.4, 0.5) is 20.3 Å². The number of carbonyl (C=O) groups excluding carboxylic acids is 1. The molecule has 38 heavy (non-hydrogen) atoms. The van der Waals surface area contributed by atoms with Gasteiger partial charge >= 0.3 is 0 Å². The van der Waals surface area contributed by atoms with Gasteiger partial charge in [0.1, 0.15) is 17.4 Å². The van der Waals surface area contributed by atoms with E-state index in [0.29, 0.717) is 18.8 Å². The third kappa shape index (κ3) is 5.30. The van der Waals surface area contributed by atoms with E-state index >= 15 is 0 Å². The van der Waals surface area contributed by atoms with Crippen molar-refractivity contribution in [1.29, 1.82) is 0 Å². The lowest BCUT2D eigenvalue weighted by Crippen LogP contribution is -2.32. The molecule has 1 amide bonds. The predicted octanol–water partition coefficient (Wildman–Crippen LogP) is 5.37. The van der Waals surface area contributed by atoms with Crippen molar-refractivity contribution < 1.29 is 22.0 Å². The highest BCUT2D eigenvalue weighted by Gasteiger charge is 2.36. The highest BCUT2D eigenvalue weighted by Crippen LogP contribution is 2.39. The topological polar surface area (TPSA) is 96.3 Å². The van der Waals surface area contributed by atoms with Crippen molar-refractivity contribution in [2.45, 2.75) is 62.4 Å². The number of amides is 1. The van der Waals surface area contributed by atoms with Crippen LogP contribution in [0.2, 0.25) is 0 Å². The van der Waals surface area contributed by atoms with Crippen molar-refractivity contribution in [2.24, 2.45) is 0 Å². The number of nitrogens with one attached hydrogen (secondary N) is 2. The van der Waals surface area contributed by atoms with Gasteiger partial charge in [-0.1, -0.05) is 42.7 Å². The Morgan fingerprint density at radius 3 is 2.32 bits per heavy atom. The number of nitrogens with zero attached hydrogens (tertiary/aromatic N) is 3. The summed E-state index contributed by atoms with van der Waals surface area (Å²) in [5, 5.41) is 10.1. The molecule has 8 nitrogen and oxygen atoms in total. The maximum Gasteiger partial charge on any atom is 0.261 e. The molecule has 0 spiro atoms. The second-order valence-electron chi connectivity index (χ2n) is 9.89. The Kier molecular flexibility index (Phi) is 7.49. The molecule has 0 saturated carbocycles. The summed E-state index contributed by atoms with van der Waals surface area (Å²) >= 11 is 0. The van der Waals surface area contributed by atoms with Crippen molar-refractivity contribution >= 4 is 27.4 Å². The molecule has 3 aromatic rings. The lowest BCUT2D eigenvalue weighted by molar-refractivity contribution is 0.0657. The molecule has 0 bridgehead atoms. The minimum Gasteiger partial charge on any atom is -0.363 e. The van der Waals surface area contributed by atoms with Gasteiger partial charge < -0.3 is 10.6 Å². The van der Waals surface area contributed by atoms with Crippen LogP contribution in [0.3, 0.4) is 0 Å². The summed E-state index contributed by atoms with van der Waals surface area (Å²) in [5.74, 6) is -0.301. The van der Waals surface area contributed by atoms with Gasteiger partial charge in [-0.05, 0) is 56.0 Å². The smallest absolute Gasteiger partial charge is 0.261 e. The maximum absolute atomic E-state index is 14.0. The van der Waals surface area contributed by atoms with Crippen LogP contribution in [-0.4, -0.2) is 47.9 Å². The molecule has 0 radical (unpaired) electrons. The van der Waals surface area contributed by atoms with E-state index in [1.54, 1.807) is 0 Å². The van der Waals surface area contributed by atoms with E-state index in [2.05, 4.69) is 15.7 Å². The van der Waals surface area contributed by atoms with Crippen LogP contribution in [0, 0.1) is 6.92 Å². The van der Waals surface area contributed by atoms with E-state index in [0.717, 1.165) is 36.8 Å². The number of rotatable bonds is 6. The van der Waals surface area contributed by atoms with E-state index in [4.69, 9.17) is 0 Å². The van der Waals surface area contributed by atoms with Crippen LogP contribution in [0.1, 0.15) is 65.7 Å². The van der Waals surface area contributed by atoms with Gasteiger partial charge in [-0.15, -0.1) is 0 Å². The highest BCUT2D eigenvalue weighted by atomic mass is 32.2. The number of hydrogen-bond acceptors (Lipinski definition) is 5. The molecule has 3 heterocycles. The molecule has 2 aliphatic heterocycles. The number of benzene rings is 2. The Morgan fingerprint density at radius 1 is 1.03 bits per heavy atom. The SMILES string of the molecule is Cc1ccc([C@@H]2C[C@@H](C(F)F)n3ncc(C(=O)Nc4ccc(S(=O)(=O)N5CCCCCC5)cc4)c3N2)cc1. The average Bonchev–Trinajstić information content (AvgIpc) is 3.13. The van der Waals surface area contributed by atoms with Crippen molar-refractivity contribution in [3.8, 4) is 0 Å². The Labute approximate surface area is 221 Å². The minimum atomic E-state index is -3.61. The predicted molar refractivity (Wildman–Crippen MR) is 141 cm³/mol. The number of hydrogen-bond donors (Lipinski definition) is 2. The second-order valence-corrected chi connectivity index (χ2v) is 11.8. The number of halogens is 2. The lowest BCUT2D eigenvalue weighted by atomic mass is 9.96. The molecule has 2 N–H and O–H groups in total. The Balaban J connectivity index is 1.35. The first-order valence-electron chi connectivity index (χ1n) is 12.8. The minimum absolute atomic E-state index is 0.128. The zero-order valence-corrected chi connectivity index (χ0v) is 21.9. The van der Waals surface area contributed by atoms with E-state index in [9.17, 15) is 22.0 Å². The average molecular weight is 544 g/mol. The van der Waals surface area contributed by atoms with E-state index in [1.165, 1.54) is 39.4 Å². The molecule has 2 aliphatic rings. The maximum atomic E-state index is 14.0. The first-order valence-corrected chi connectivity index (χ1v) is 14.3. The quantitative estimate of drug-likeness (QED) is 0.436. The van der Waals surface area contributed by atoms with Gasteiger partial charge in [0.25, 0.3) is 12.3 Å². The molecule has 11 heteroatoms. The summed E-state index contributed by atoms with van der Waals surface area (Å²) in [6.07, 6.45) is 2.48. The molecule has 1 fully saturated rings. The number of aromatic nitrogens is 2. The summed E-state index contributed by atoms with van der Waals surface area (Å²) in [5.41, 5.74) is 2.43. The zero-order valence-electron chi connectivity index (χ0n) is 21.1. The molecular weight excluding hydrogens is 512 g/mol. The van der Waals surface area contributed by atoms with Crippen molar-refractivity contribution in [3.63, 3.8) is 0 Å². The van der Waals surface area contributed by atoms with Gasteiger partial charge in [-0.3, -0.25) is 4.79 Å². The van der Waals surface area contributed by atoms with Gasteiger partial charge in [0, 0.05) is 18.8 Å². The Bertz CT molecular complexity index is 1380. The summed E-state index contributed by atoms with van der Waals surface area (Å²) in [6, 6.07) is 12.0. The standard InChI is InChI=1S/C27H31F2N5O3S/c1-18-6-8-19(9-7-18)23-16-24(25(28)29)34-26(32-23)22(17-30-34)27(35)31-20-10-12-21(13-11-20)38(36,37)33-14-4-2-3-5-15-33/h6-13,17,23-25,32H,2-5,14-16H2,1H3,(H,31,35)/t23-,24-/m0/s1. The summed E-state index contributed by atoms with van der Waals surface area (Å²) < 4.78 is 56.7. The number of sulfonamides is 1. The fourth-order valence-corrected chi connectivity index (χ4v) is 6.57. The lowest BCUT2D eigenvalue weighted by Gasteiger charge is -2.32. The largest absolute Gasteiger partial charge is 0.363 e. The van der Waals surface area contributed by atoms with Crippen LogP contribution in [0.25, 0.3) is 0 Å². The van der Waals surface area contributed by atoms with E-state index < -0.39 is 34.4 Å². The number of fused-ring (bicyclic) bond motifs is 1. The molecule has 5 rings (SSSR count). The molecular formula is C27H31F2N5O3S. The van der Waals surface area contributed by atoms with Gasteiger partial charge in [0.2, 0.25) is 10.0 Å². The fraction of sp³-hybridized carbons (Fsp3) is 0.407. The number of aryl methyl sites for hydroxylation is 1. The van der Waals surface area contributed by atoms with Crippen molar-refractivity contribution in [3.05, 3.63) is 71.4 Å². The Hall–Kier alpha value is -3.31. The third-order valence-corrected chi connectivity index (χ3v) is 9.14. The normalized spacial score (nSPS) is 20.4. The van der Waals surface area contributed by atoms with E-state index in [-0.39, 0.29) is 22.7 Å². The molecule has 0 aliphatic carbocycles. The number of anilines is 2. The number of alkyl halides is 2. The molecule has 202 valence electrons. The van der Waals surface area contributed by atoms with E-state index in [1.807, 2.05) is 31.2 Å². The van der Waals surface area contributed by atoms with Crippen LogP contribution in [-0.2, 0) is 10.0 Å². The molecule has 0 unspecified atom stereocenters. The zero-order chi connectivity index (χ0) is 26.9.